The van der Waals surface area contributed by atoms with Crippen LogP contribution in [0.5, 0.6) is 0 Å². The second kappa shape index (κ2) is 5.16. The first kappa shape index (κ1) is 11.8. The molecule has 0 unspecified atom stereocenters. The smallest absolute Gasteiger partial charge is 0.265 e. The maximum absolute atomic E-state index is 12.2. The van der Waals surface area contributed by atoms with E-state index < -0.39 is 0 Å². The van der Waals surface area contributed by atoms with Gasteiger partial charge >= 0.3 is 0 Å². The molecule has 0 aliphatic heterocycles. The molecule has 4 nitrogen and oxygen atoms in total. The zero-order valence-corrected chi connectivity index (χ0v) is 11.4. The van der Waals surface area contributed by atoms with E-state index >= 15 is 0 Å². The molecule has 3 rings (SSSR count). The summed E-state index contributed by atoms with van der Waals surface area (Å²) in [6.45, 7) is 0. The Morgan fingerprint density at radius 3 is 2.94 bits per heavy atom. The Hall–Kier alpha value is -1.27. The monoisotopic (exact) mass is 279 g/mol. The van der Waals surface area contributed by atoms with Crippen molar-refractivity contribution in [1.82, 2.24) is 14.9 Å². The molecule has 0 atom stereocenters. The van der Waals surface area contributed by atoms with Crippen molar-refractivity contribution in [3.05, 3.63) is 22.4 Å². The number of nitrogens with zero attached hydrogens (tertiary/aromatic N) is 2. The van der Waals surface area contributed by atoms with Crippen molar-refractivity contribution >= 4 is 28.8 Å². The van der Waals surface area contributed by atoms with E-state index in [0.717, 1.165) is 17.7 Å². The summed E-state index contributed by atoms with van der Waals surface area (Å²) in [7, 11) is 0. The van der Waals surface area contributed by atoms with Gasteiger partial charge in [0.2, 0.25) is 0 Å². The largest absolute Gasteiger partial charge is 0.348 e. The zero-order chi connectivity index (χ0) is 12.4. The first-order valence-corrected chi connectivity index (χ1v) is 7.67. The van der Waals surface area contributed by atoms with Gasteiger partial charge in [-0.15, -0.1) is 16.4 Å². The normalized spacial score (nSPS) is 16.0. The Kier molecular flexibility index (Phi) is 3.38. The van der Waals surface area contributed by atoms with E-state index in [9.17, 15) is 4.79 Å². The number of rotatable bonds is 3. The number of carbonyl (C=O) groups is 1. The molecule has 0 saturated heterocycles. The Labute approximate surface area is 113 Å². The second-order valence-electron chi connectivity index (χ2n) is 4.38. The van der Waals surface area contributed by atoms with Gasteiger partial charge in [0.1, 0.15) is 10.6 Å². The predicted molar refractivity (Wildman–Crippen MR) is 72.9 cm³/mol. The Bertz CT molecular complexity index is 529. The van der Waals surface area contributed by atoms with Crippen LogP contribution in [-0.2, 0) is 0 Å². The molecule has 0 aromatic carbocycles. The van der Waals surface area contributed by atoms with E-state index in [2.05, 4.69) is 14.9 Å². The summed E-state index contributed by atoms with van der Waals surface area (Å²) < 4.78 is 3.91. The van der Waals surface area contributed by atoms with E-state index in [4.69, 9.17) is 0 Å². The Morgan fingerprint density at radius 2 is 2.22 bits per heavy atom. The molecule has 1 aliphatic rings. The van der Waals surface area contributed by atoms with Gasteiger partial charge < -0.3 is 5.32 Å². The fourth-order valence-electron chi connectivity index (χ4n) is 2.24. The number of hydrogen-bond donors (Lipinski definition) is 1. The minimum atomic E-state index is -0.0275. The molecule has 2 heterocycles. The number of carbonyl (C=O) groups excluding carboxylic acids is 1. The average Bonchev–Trinajstić information content (AvgIpc) is 3.11. The number of hydrogen-bond acceptors (Lipinski definition) is 5. The number of amides is 1. The molecule has 94 valence electrons. The number of nitrogens with one attached hydrogen (secondary N) is 1. The topological polar surface area (TPSA) is 54.9 Å². The first-order chi connectivity index (χ1) is 8.84. The summed E-state index contributed by atoms with van der Waals surface area (Å²) in [4.78, 5) is 13.8. The van der Waals surface area contributed by atoms with Crippen LogP contribution in [0.1, 0.15) is 35.4 Å². The molecule has 1 saturated carbocycles. The summed E-state index contributed by atoms with van der Waals surface area (Å²) in [6, 6.07) is 4.25. The van der Waals surface area contributed by atoms with Crippen LogP contribution < -0.4 is 5.32 Å². The van der Waals surface area contributed by atoms with Crippen LogP contribution in [-0.4, -0.2) is 21.5 Å². The van der Waals surface area contributed by atoms with E-state index in [1.165, 1.54) is 24.4 Å². The van der Waals surface area contributed by atoms with Crippen molar-refractivity contribution in [3.8, 4) is 10.6 Å². The van der Waals surface area contributed by atoms with Crippen molar-refractivity contribution < 1.29 is 4.79 Å². The molecule has 1 amide bonds. The lowest BCUT2D eigenvalue weighted by atomic mass is 10.2. The summed E-state index contributed by atoms with van der Waals surface area (Å²) in [5, 5.41) is 9.13. The average molecular weight is 279 g/mol. The summed E-state index contributed by atoms with van der Waals surface area (Å²) in [6.07, 6.45) is 4.60. The van der Waals surface area contributed by atoms with Gasteiger partial charge in [-0.1, -0.05) is 23.4 Å². The fourth-order valence-corrected chi connectivity index (χ4v) is 3.60. The molecule has 6 heteroatoms. The fraction of sp³-hybridized carbons (Fsp3) is 0.417. The van der Waals surface area contributed by atoms with Crippen molar-refractivity contribution in [2.45, 2.75) is 31.7 Å². The van der Waals surface area contributed by atoms with Crippen LogP contribution in [0.3, 0.4) is 0 Å². The molecular formula is C12H13N3OS2. The van der Waals surface area contributed by atoms with Gasteiger partial charge in [0, 0.05) is 6.04 Å². The quantitative estimate of drug-likeness (QED) is 0.939. The molecule has 0 bridgehead atoms. The molecule has 0 radical (unpaired) electrons. The van der Waals surface area contributed by atoms with Crippen molar-refractivity contribution in [2.75, 3.05) is 0 Å². The maximum Gasteiger partial charge on any atom is 0.265 e. The lowest BCUT2D eigenvalue weighted by Gasteiger charge is -2.10. The highest BCUT2D eigenvalue weighted by atomic mass is 32.1. The standard InChI is InChI=1S/C12H13N3OS2/c16-12(13-8-4-1-2-5-8)11-10(14-15-18-11)9-6-3-7-17-9/h3,6-8H,1-2,4-5H2,(H,13,16). The van der Waals surface area contributed by atoms with Crippen LogP contribution in [0, 0.1) is 0 Å². The zero-order valence-electron chi connectivity index (χ0n) is 9.76. The number of thiophene rings is 1. The molecular weight excluding hydrogens is 266 g/mol. The maximum atomic E-state index is 12.2. The third-order valence-corrected chi connectivity index (χ3v) is 4.74. The van der Waals surface area contributed by atoms with Gasteiger partial charge in [-0.2, -0.15) is 0 Å². The Morgan fingerprint density at radius 1 is 1.39 bits per heavy atom. The molecule has 0 spiro atoms. The summed E-state index contributed by atoms with van der Waals surface area (Å²) >= 11 is 2.75. The first-order valence-electron chi connectivity index (χ1n) is 6.01. The molecule has 1 N–H and O–H groups in total. The van der Waals surface area contributed by atoms with Crippen molar-refractivity contribution in [1.29, 1.82) is 0 Å². The van der Waals surface area contributed by atoms with Gasteiger partial charge in [0.15, 0.2) is 0 Å². The third kappa shape index (κ3) is 2.30. The highest BCUT2D eigenvalue weighted by Gasteiger charge is 2.22. The minimum absolute atomic E-state index is 0.0275. The third-order valence-electron chi connectivity index (χ3n) is 3.14. The molecule has 1 aliphatic carbocycles. The van der Waals surface area contributed by atoms with Gasteiger partial charge in [-0.25, -0.2) is 0 Å². The minimum Gasteiger partial charge on any atom is -0.348 e. The van der Waals surface area contributed by atoms with Crippen LogP contribution in [0.2, 0.25) is 0 Å². The SMILES string of the molecule is O=C(NC1CCCC1)c1snnc1-c1cccs1. The van der Waals surface area contributed by atoms with Crippen LogP contribution in [0.25, 0.3) is 10.6 Å². The van der Waals surface area contributed by atoms with Gasteiger partial charge in [0.25, 0.3) is 5.91 Å². The lowest BCUT2D eigenvalue weighted by Crippen LogP contribution is -2.32. The summed E-state index contributed by atoms with van der Waals surface area (Å²) in [5.41, 5.74) is 0.713. The van der Waals surface area contributed by atoms with E-state index in [1.807, 2.05) is 17.5 Å². The van der Waals surface area contributed by atoms with E-state index in [-0.39, 0.29) is 5.91 Å². The van der Waals surface area contributed by atoms with Crippen molar-refractivity contribution in [3.63, 3.8) is 0 Å². The Balaban J connectivity index is 1.79. The van der Waals surface area contributed by atoms with Crippen LogP contribution in [0.15, 0.2) is 17.5 Å². The van der Waals surface area contributed by atoms with Crippen molar-refractivity contribution in [2.24, 2.45) is 0 Å². The highest BCUT2D eigenvalue weighted by molar-refractivity contribution is 7.14. The van der Waals surface area contributed by atoms with Gasteiger partial charge in [-0.3, -0.25) is 4.79 Å². The second-order valence-corrected chi connectivity index (χ2v) is 6.08. The molecule has 2 aromatic heterocycles. The molecule has 18 heavy (non-hydrogen) atoms. The highest BCUT2D eigenvalue weighted by Crippen LogP contribution is 2.28. The van der Waals surface area contributed by atoms with Crippen LogP contribution >= 0.6 is 22.9 Å². The van der Waals surface area contributed by atoms with Crippen LogP contribution in [0.4, 0.5) is 0 Å². The number of aromatic nitrogens is 2. The summed E-state index contributed by atoms with van der Waals surface area (Å²) in [5.74, 6) is -0.0275. The molecule has 2 aromatic rings. The van der Waals surface area contributed by atoms with Gasteiger partial charge in [0.05, 0.1) is 4.88 Å². The lowest BCUT2D eigenvalue weighted by molar-refractivity contribution is 0.0942. The van der Waals surface area contributed by atoms with E-state index in [1.54, 1.807) is 11.3 Å². The van der Waals surface area contributed by atoms with E-state index in [0.29, 0.717) is 16.6 Å². The van der Waals surface area contributed by atoms with Gasteiger partial charge in [-0.05, 0) is 35.8 Å². The predicted octanol–water partition coefficient (Wildman–Crippen LogP) is 2.94. The molecule has 1 fully saturated rings.